The molecule has 0 atom stereocenters. The summed E-state index contributed by atoms with van der Waals surface area (Å²) >= 11 is 0. The fourth-order valence-electron chi connectivity index (χ4n) is 3.27. The van der Waals surface area contributed by atoms with Crippen molar-refractivity contribution in [2.45, 2.75) is 13.2 Å². The summed E-state index contributed by atoms with van der Waals surface area (Å²) in [7, 11) is 0. The number of carbonyl (C=O) groups is 2. The molecule has 0 bridgehead atoms. The second-order valence-electron chi connectivity index (χ2n) is 7.16. The summed E-state index contributed by atoms with van der Waals surface area (Å²) < 4.78 is 7.50. The van der Waals surface area contributed by atoms with Crippen molar-refractivity contribution < 1.29 is 14.3 Å². The lowest BCUT2D eigenvalue weighted by molar-refractivity contribution is 0.0994. The van der Waals surface area contributed by atoms with Gasteiger partial charge in [-0.1, -0.05) is 54.6 Å². The molecule has 3 N–H and O–H groups in total. The molecule has 0 fully saturated rings. The number of hydrogen-bond acceptors (Lipinski definition) is 4. The number of nitrogens with zero attached hydrogens (tertiary/aromatic N) is 2. The van der Waals surface area contributed by atoms with Gasteiger partial charge in [0, 0.05) is 11.6 Å². The van der Waals surface area contributed by atoms with E-state index in [4.69, 9.17) is 10.5 Å². The molecule has 0 saturated heterocycles. The summed E-state index contributed by atoms with van der Waals surface area (Å²) in [5.41, 5.74) is 8.07. The van der Waals surface area contributed by atoms with Crippen LogP contribution in [0.15, 0.2) is 91.1 Å². The summed E-state index contributed by atoms with van der Waals surface area (Å²) in [5.74, 6) is 0.204. The highest BCUT2D eigenvalue weighted by Gasteiger charge is 2.12. The van der Waals surface area contributed by atoms with Crippen LogP contribution in [-0.2, 0) is 13.2 Å². The zero-order valence-corrected chi connectivity index (χ0v) is 17.3. The summed E-state index contributed by atoms with van der Waals surface area (Å²) in [6.45, 7) is 0.744. The van der Waals surface area contributed by atoms with Gasteiger partial charge in [-0.15, -0.1) is 0 Å². The molecule has 32 heavy (non-hydrogen) atoms. The maximum Gasteiger partial charge on any atom is 0.256 e. The highest BCUT2D eigenvalue weighted by atomic mass is 16.5. The van der Waals surface area contributed by atoms with Crippen molar-refractivity contribution in [1.82, 2.24) is 9.78 Å². The number of ether oxygens (including phenoxy) is 1. The van der Waals surface area contributed by atoms with Gasteiger partial charge in [-0.05, 0) is 35.4 Å². The monoisotopic (exact) mass is 426 g/mol. The maximum absolute atomic E-state index is 12.8. The van der Waals surface area contributed by atoms with Gasteiger partial charge >= 0.3 is 0 Å². The van der Waals surface area contributed by atoms with Crippen LogP contribution in [0, 0.1) is 0 Å². The Morgan fingerprint density at radius 2 is 1.66 bits per heavy atom. The van der Waals surface area contributed by atoms with Gasteiger partial charge in [-0.25, -0.2) is 4.68 Å². The Morgan fingerprint density at radius 3 is 2.47 bits per heavy atom. The van der Waals surface area contributed by atoms with E-state index >= 15 is 0 Å². The van der Waals surface area contributed by atoms with Gasteiger partial charge in [-0.2, -0.15) is 5.10 Å². The predicted octanol–water partition coefficient (Wildman–Crippen LogP) is 3.86. The largest absolute Gasteiger partial charge is 0.488 e. The van der Waals surface area contributed by atoms with E-state index < -0.39 is 5.91 Å². The molecule has 2 amide bonds. The van der Waals surface area contributed by atoms with Gasteiger partial charge < -0.3 is 15.8 Å². The highest BCUT2D eigenvalue weighted by molar-refractivity contribution is 6.03. The molecule has 0 spiro atoms. The van der Waals surface area contributed by atoms with E-state index in [2.05, 4.69) is 10.4 Å². The Labute approximate surface area is 185 Å². The number of hydrogen-bond donors (Lipinski definition) is 2. The minimum absolute atomic E-state index is 0.192. The Kier molecular flexibility index (Phi) is 6.27. The minimum Gasteiger partial charge on any atom is -0.488 e. The number of para-hydroxylation sites is 1. The molecule has 7 heteroatoms. The fourth-order valence-corrected chi connectivity index (χ4v) is 3.27. The van der Waals surface area contributed by atoms with Crippen molar-refractivity contribution >= 4 is 17.6 Å². The molecule has 1 aromatic heterocycles. The Hall–Kier alpha value is -4.39. The molecule has 0 aliphatic heterocycles. The van der Waals surface area contributed by atoms with E-state index in [0.29, 0.717) is 29.2 Å². The Bertz CT molecular complexity index is 1230. The van der Waals surface area contributed by atoms with E-state index in [1.54, 1.807) is 59.4 Å². The van der Waals surface area contributed by atoms with Crippen LogP contribution in [-0.4, -0.2) is 21.6 Å². The first-order chi connectivity index (χ1) is 15.6. The molecule has 0 saturated carbocycles. The quantitative estimate of drug-likeness (QED) is 0.447. The molecular weight excluding hydrogens is 404 g/mol. The maximum atomic E-state index is 12.8. The van der Waals surface area contributed by atoms with Gasteiger partial charge in [0.05, 0.1) is 18.3 Å². The number of carbonyl (C=O) groups excluding carboxylic acids is 2. The average molecular weight is 426 g/mol. The number of amides is 2. The van der Waals surface area contributed by atoms with Crippen LogP contribution < -0.4 is 15.8 Å². The number of aromatic nitrogens is 2. The van der Waals surface area contributed by atoms with Crippen molar-refractivity contribution in [3.05, 3.63) is 113 Å². The number of primary amides is 1. The molecule has 7 nitrogen and oxygen atoms in total. The summed E-state index contributed by atoms with van der Waals surface area (Å²) in [6, 6.07) is 25.6. The third kappa shape index (κ3) is 5.02. The molecule has 4 aromatic rings. The summed E-state index contributed by atoms with van der Waals surface area (Å²) in [5, 5.41) is 7.22. The van der Waals surface area contributed by atoms with Gasteiger partial charge in [0.1, 0.15) is 18.2 Å². The van der Waals surface area contributed by atoms with Crippen LogP contribution in [0.5, 0.6) is 5.75 Å². The number of rotatable bonds is 8. The van der Waals surface area contributed by atoms with Crippen LogP contribution in [0.4, 0.5) is 5.82 Å². The van der Waals surface area contributed by atoms with Crippen molar-refractivity contribution in [3.63, 3.8) is 0 Å². The zero-order chi connectivity index (χ0) is 22.3. The van der Waals surface area contributed by atoms with E-state index in [0.717, 1.165) is 11.1 Å². The van der Waals surface area contributed by atoms with Gasteiger partial charge in [-0.3, -0.25) is 9.59 Å². The summed E-state index contributed by atoms with van der Waals surface area (Å²) in [4.78, 5) is 24.4. The second-order valence-corrected chi connectivity index (χ2v) is 7.16. The predicted molar refractivity (Wildman–Crippen MR) is 121 cm³/mol. The molecule has 160 valence electrons. The molecule has 3 aromatic carbocycles. The first kappa shape index (κ1) is 20.9. The molecule has 0 aliphatic carbocycles. The number of nitrogens with one attached hydrogen (secondary N) is 1. The van der Waals surface area contributed by atoms with E-state index in [1.807, 2.05) is 36.4 Å². The van der Waals surface area contributed by atoms with Crippen molar-refractivity contribution in [1.29, 1.82) is 0 Å². The lowest BCUT2D eigenvalue weighted by atomic mass is 10.1. The van der Waals surface area contributed by atoms with Crippen molar-refractivity contribution in [2.24, 2.45) is 5.73 Å². The van der Waals surface area contributed by atoms with Gasteiger partial charge in [0.15, 0.2) is 0 Å². The molecular formula is C25H22N4O3. The Balaban J connectivity index is 1.44. The van der Waals surface area contributed by atoms with Crippen LogP contribution in [0.2, 0.25) is 0 Å². The minimum atomic E-state index is -0.555. The lowest BCUT2D eigenvalue weighted by Gasteiger charge is -2.11. The van der Waals surface area contributed by atoms with Crippen LogP contribution in [0.25, 0.3) is 0 Å². The standard InChI is InChI=1S/C25H22N4O3/c26-24(30)21-11-4-5-12-22(21)32-17-19-9-6-10-20(15-19)25(31)28-23-13-14-27-29(23)16-18-7-2-1-3-8-18/h1-15H,16-17H2,(H2,26,30)(H,28,31). The van der Waals surface area contributed by atoms with E-state index in [1.165, 1.54) is 0 Å². The van der Waals surface area contributed by atoms with E-state index in [9.17, 15) is 9.59 Å². The van der Waals surface area contributed by atoms with Gasteiger partial charge in [0.25, 0.3) is 11.8 Å². The normalized spacial score (nSPS) is 10.5. The fraction of sp³-hybridized carbons (Fsp3) is 0.0800. The third-order valence-corrected chi connectivity index (χ3v) is 4.87. The second kappa shape index (κ2) is 9.61. The topological polar surface area (TPSA) is 99.2 Å². The van der Waals surface area contributed by atoms with Crippen LogP contribution in [0.3, 0.4) is 0 Å². The average Bonchev–Trinajstić information content (AvgIpc) is 3.25. The molecule has 0 unspecified atom stereocenters. The van der Waals surface area contributed by atoms with Crippen LogP contribution >= 0.6 is 0 Å². The highest BCUT2D eigenvalue weighted by Crippen LogP contribution is 2.19. The van der Waals surface area contributed by atoms with E-state index in [-0.39, 0.29) is 12.5 Å². The Morgan fingerprint density at radius 1 is 0.906 bits per heavy atom. The molecule has 4 rings (SSSR count). The molecule has 0 radical (unpaired) electrons. The van der Waals surface area contributed by atoms with Gasteiger partial charge in [0.2, 0.25) is 0 Å². The number of benzene rings is 3. The first-order valence-electron chi connectivity index (χ1n) is 10.1. The zero-order valence-electron chi connectivity index (χ0n) is 17.3. The SMILES string of the molecule is NC(=O)c1ccccc1OCc1cccc(C(=O)Nc2ccnn2Cc2ccccc2)c1. The first-order valence-corrected chi connectivity index (χ1v) is 10.1. The lowest BCUT2D eigenvalue weighted by Crippen LogP contribution is -2.16. The van der Waals surface area contributed by atoms with Crippen molar-refractivity contribution in [3.8, 4) is 5.75 Å². The number of anilines is 1. The van der Waals surface area contributed by atoms with Crippen LogP contribution in [0.1, 0.15) is 31.8 Å². The summed E-state index contributed by atoms with van der Waals surface area (Å²) in [6.07, 6.45) is 1.65. The van der Waals surface area contributed by atoms with Crippen molar-refractivity contribution in [2.75, 3.05) is 5.32 Å². The smallest absolute Gasteiger partial charge is 0.256 e. The molecule has 0 aliphatic rings. The third-order valence-electron chi connectivity index (χ3n) is 4.87. The number of nitrogens with two attached hydrogens (primary N) is 1. The molecule has 1 heterocycles.